The maximum absolute atomic E-state index is 11.0. The molecule has 0 aliphatic rings. The summed E-state index contributed by atoms with van der Waals surface area (Å²) in [5, 5.41) is 27.7. The Morgan fingerprint density at radius 2 is 2.06 bits per heavy atom. The van der Waals surface area contributed by atoms with Gasteiger partial charge < -0.3 is 25.8 Å². The van der Waals surface area contributed by atoms with E-state index in [2.05, 4.69) is 14.7 Å². The number of aliphatic hydroxyl groups excluding tert-OH is 2. The van der Waals surface area contributed by atoms with Gasteiger partial charge in [-0.05, 0) is 0 Å². The van der Waals surface area contributed by atoms with Crippen molar-refractivity contribution in [3.8, 4) is 0 Å². The maximum atomic E-state index is 11.0. The molecule has 0 amide bonds. The number of rotatable bonds is 4. The number of aromatic nitrogens is 2. The number of carbonyl (C=O) groups is 2. The number of nitrogen functional groups attached to an aromatic ring is 1. The number of hydrogen-bond acceptors (Lipinski definition) is 8. The van der Waals surface area contributed by atoms with Gasteiger partial charge in [-0.1, -0.05) is 0 Å². The Hall–Kier alpha value is -2.26. The number of hydrogen-bond donors (Lipinski definition) is 4. The zero-order chi connectivity index (χ0) is 13.9. The minimum Gasteiger partial charge on any atom is -0.476 e. The summed E-state index contributed by atoms with van der Waals surface area (Å²) >= 11 is 0. The van der Waals surface area contributed by atoms with E-state index < -0.39 is 29.8 Å². The summed E-state index contributed by atoms with van der Waals surface area (Å²) in [5.74, 6) is -2.87. The molecular weight excluding hydrogens is 246 g/mol. The van der Waals surface area contributed by atoms with Crippen molar-refractivity contribution in [2.75, 3.05) is 12.8 Å². The predicted octanol–water partition coefficient (Wildman–Crippen LogP) is -1.68. The van der Waals surface area contributed by atoms with Crippen molar-refractivity contribution in [3.63, 3.8) is 0 Å². The van der Waals surface area contributed by atoms with Gasteiger partial charge in [0.1, 0.15) is 6.10 Å². The molecule has 0 aromatic carbocycles. The first-order chi connectivity index (χ1) is 8.38. The van der Waals surface area contributed by atoms with E-state index in [-0.39, 0.29) is 11.5 Å². The van der Waals surface area contributed by atoms with Crippen LogP contribution in [0, 0.1) is 0 Å². The number of carboxylic acids is 1. The fourth-order valence-electron chi connectivity index (χ4n) is 1.12. The van der Waals surface area contributed by atoms with Crippen molar-refractivity contribution in [2.24, 2.45) is 0 Å². The van der Waals surface area contributed by atoms with Crippen LogP contribution in [0.1, 0.15) is 22.3 Å². The minimum atomic E-state index is -1.89. The summed E-state index contributed by atoms with van der Waals surface area (Å²) in [7, 11) is 1.02. The molecule has 1 rings (SSSR count). The lowest BCUT2D eigenvalue weighted by Crippen LogP contribution is -2.30. The van der Waals surface area contributed by atoms with Crippen LogP contribution < -0.4 is 5.73 Å². The van der Waals surface area contributed by atoms with Crippen molar-refractivity contribution in [2.45, 2.75) is 12.2 Å². The number of ether oxygens (including phenoxy) is 1. The van der Waals surface area contributed by atoms with Crippen molar-refractivity contribution in [1.82, 2.24) is 9.97 Å². The molecule has 0 radical (unpaired) electrons. The third-order valence-electron chi connectivity index (χ3n) is 2.07. The fraction of sp³-hybridized carbons (Fsp3) is 0.333. The molecule has 18 heavy (non-hydrogen) atoms. The van der Waals surface area contributed by atoms with Gasteiger partial charge >= 0.3 is 11.9 Å². The lowest BCUT2D eigenvalue weighted by atomic mass is 10.1. The molecule has 5 N–H and O–H groups in total. The molecule has 1 heterocycles. The van der Waals surface area contributed by atoms with Crippen molar-refractivity contribution < 1.29 is 29.6 Å². The van der Waals surface area contributed by atoms with E-state index in [1.807, 2.05) is 0 Å². The second-order valence-corrected chi connectivity index (χ2v) is 3.25. The van der Waals surface area contributed by atoms with Crippen LogP contribution in [0.2, 0.25) is 0 Å². The number of nitrogens with two attached hydrogens (primary N) is 1. The number of nitrogens with zero attached hydrogens (tertiary/aromatic N) is 2. The highest BCUT2D eigenvalue weighted by atomic mass is 16.5. The summed E-state index contributed by atoms with van der Waals surface area (Å²) in [6, 6.07) is 0. The summed E-state index contributed by atoms with van der Waals surface area (Å²) in [5.41, 5.74) is 4.38. The van der Waals surface area contributed by atoms with Crippen LogP contribution in [-0.2, 0) is 9.53 Å². The molecule has 0 aliphatic carbocycles. The molecular formula is C9H11N3O6. The van der Waals surface area contributed by atoms with E-state index in [4.69, 9.17) is 10.8 Å². The van der Waals surface area contributed by atoms with Gasteiger partial charge in [0.15, 0.2) is 17.6 Å². The average Bonchev–Trinajstić information content (AvgIpc) is 2.36. The molecule has 0 aliphatic heterocycles. The number of esters is 1. The Morgan fingerprint density at radius 1 is 1.44 bits per heavy atom. The van der Waals surface area contributed by atoms with Gasteiger partial charge in [-0.25, -0.2) is 19.6 Å². The largest absolute Gasteiger partial charge is 0.476 e. The summed E-state index contributed by atoms with van der Waals surface area (Å²) < 4.78 is 4.22. The van der Waals surface area contributed by atoms with Gasteiger partial charge in [-0.15, -0.1) is 0 Å². The molecule has 1 aromatic heterocycles. The lowest BCUT2D eigenvalue weighted by molar-refractivity contribution is -0.157. The third kappa shape index (κ3) is 2.70. The average molecular weight is 257 g/mol. The zero-order valence-corrected chi connectivity index (χ0v) is 9.27. The predicted molar refractivity (Wildman–Crippen MR) is 56.4 cm³/mol. The van der Waals surface area contributed by atoms with E-state index in [9.17, 15) is 19.8 Å². The molecule has 9 heteroatoms. The molecule has 1 aromatic rings. The Labute approximate surface area is 101 Å². The van der Waals surface area contributed by atoms with Crippen molar-refractivity contribution >= 4 is 17.8 Å². The van der Waals surface area contributed by atoms with Crippen LogP contribution in [0.25, 0.3) is 0 Å². The number of carboxylic acid groups (broad SMARTS) is 1. The molecule has 0 bridgehead atoms. The van der Waals surface area contributed by atoms with Crippen LogP contribution in [0.5, 0.6) is 0 Å². The number of aliphatic hydroxyl groups is 2. The smallest absolute Gasteiger partial charge is 0.358 e. The standard InChI is InChI=1S/C9H11N3O6/c1-18-9(17)6(14)5(13)3-2-11-7(10)4(12-3)8(15)16/h2,5-6,13-14H,1H3,(H2,10,11)(H,15,16). The summed E-state index contributed by atoms with van der Waals surface area (Å²) in [4.78, 5) is 28.7. The van der Waals surface area contributed by atoms with Gasteiger partial charge in [0.05, 0.1) is 19.0 Å². The molecule has 0 fully saturated rings. The topological polar surface area (TPSA) is 156 Å². The SMILES string of the molecule is COC(=O)C(O)C(O)c1cnc(N)c(C(=O)O)n1. The Balaban J connectivity index is 3.07. The Morgan fingerprint density at radius 3 is 2.56 bits per heavy atom. The number of aromatic carboxylic acids is 1. The second kappa shape index (κ2) is 5.38. The fourth-order valence-corrected chi connectivity index (χ4v) is 1.12. The van der Waals surface area contributed by atoms with E-state index in [1.54, 1.807) is 0 Å². The van der Waals surface area contributed by atoms with Gasteiger partial charge in [-0.2, -0.15) is 0 Å². The van der Waals surface area contributed by atoms with E-state index in [1.165, 1.54) is 0 Å². The monoisotopic (exact) mass is 257 g/mol. The van der Waals surface area contributed by atoms with E-state index >= 15 is 0 Å². The Kier molecular flexibility index (Phi) is 4.13. The molecule has 0 spiro atoms. The highest BCUT2D eigenvalue weighted by molar-refractivity contribution is 5.90. The highest BCUT2D eigenvalue weighted by Gasteiger charge is 2.29. The maximum Gasteiger partial charge on any atom is 0.358 e. The first-order valence-corrected chi connectivity index (χ1v) is 4.68. The van der Waals surface area contributed by atoms with Gasteiger partial charge in [0.2, 0.25) is 0 Å². The van der Waals surface area contributed by atoms with E-state index in [0.717, 1.165) is 13.3 Å². The van der Waals surface area contributed by atoms with Crippen LogP contribution >= 0.6 is 0 Å². The summed E-state index contributed by atoms with van der Waals surface area (Å²) in [6.07, 6.45) is -2.70. The number of anilines is 1. The normalized spacial score (nSPS) is 13.7. The van der Waals surface area contributed by atoms with Gasteiger partial charge in [0.25, 0.3) is 0 Å². The molecule has 2 unspecified atom stereocenters. The lowest BCUT2D eigenvalue weighted by Gasteiger charge is -2.15. The quantitative estimate of drug-likeness (QED) is 0.462. The molecule has 0 saturated carbocycles. The molecule has 9 nitrogen and oxygen atoms in total. The first-order valence-electron chi connectivity index (χ1n) is 4.68. The van der Waals surface area contributed by atoms with Crippen LogP contribution in [0.3, 0.4) is 0 Å². The third-order valence-corrected chi connectivity index (χ3v) is 2.07. The van der Waals surface area contributed by atoms with Crippen molar-refractivity contribution in [1.29, 1.82) is 0 Å². The molecule has 2 atom stereocenters. The number of methoxy groups -OCH3 is 1. The van der Waals surface area contributed by atoms with Crippen molar-refractivity contribution in [3.05, 3.63) is 17.6 Å². The molecule has 98 valence electrons. The van der Waals surface area contributed by atoms with Crippen LogP contribution in [-0.4, -0.2) is 50.4 Å². The minimum absolute atomic E-state index is 0.306. The summed E-state index contributed by atoms with van der Waals surface area (Å²) in [6.45, 7) is 0. The zero-order valence-electron chi connectivity index (χ0n) is 9.27. The van der Waals surface area contributed by atoms with Crippen LogP contribution in [0.15, 0.2) is 6.20 Å². The van der Waals surface area contributed by atoms with Gasteiger partial charge in [0, 0.05) is 0 Å². The van der Waals surface area contributed by atoms with Gasteiger partial charge in [-0.3, -0.25) is 0 Å². The first kappa shape index (κ1) is 13.8. The second-order valence-electron chi connectivity index (χ2n) is 3.25. The number of carbonyl (C=O) groups excluding carboxylic acids is 1. The highest BCUT2D eigenvalue weighted by Crippen LogP contribution is 2.17. The Bertz CT molecular complexity index is 477. The van der Waals surface area contributed by atoms with E-state index in [0.29, 0.717) is 0 Å². The van der Waals surface area contributed by atoms with Crippen LogP contribution in [0.4, 0.5) is 5.82 Å². The molecule has 0 saturated heterocycles.